The van der Waals surface area contributed by atoms with Gasteiger partial charge in [0.25, 0.3) is 0 Å². The topological polar surface area (TPSA) is 9.23 Å². The third-order valence-electron chi connectivity index (χ3n) is 2.20. The van der Waals surface area contributed by atoms with Crippen molar-refractivity contribution in [2.24, 2.45) is 0 Å². The lowest BCUT2D eigenvalue weighted by molar-refractivity contribution is 0.137. The van der Waals surface area contributed by atoms with Crippen molar-refractivity contribution in [2.45, 2.75) is 18.3 Å². The van der Waals surface area contributed by atoms with Gasteiger partial charge >= 0.3 is 0 Å². The second kappa shape index (κ2) is 4.68. The van der Waals surface area contributed by atoms with Crippen LogP contribution in [0, 0.1) is 0 Å². The van der Waals surface area contributed by atoms with Gasteiger partial charge in [-0.15, -0.1) is 11.8 Å². The molecule has 1 aromatic rings. The van der Waals surface area contributed by atoms with Gasteiger partial charge in [0.1, 0.15) is 5.44 Å². The summed E-state index contributed by atoms with van der Waals surface area (Å²) in [4.78, 5) is 0. The van der Waals surface area contributed by atoms with Crippen LogP contribution < -0.4 is 0 Å². The number of aryl methyl sites for hydroxylation is 1. The highest BCUT2D eigenvalue weighted by Crippen LogP contribution is 2.23. The van der Waals surface area contributed by atoms with Crippen molar-refractivity contribution in [1.82, 2.24) is 0 Å². The summed E-state index contributed by atoms with van der Waals surface area (Å²) in [7, 11) is 0. The van der Waals surface area contributed by atoms with Crippen LogP contribution >= 0.6 is 11.8 Å². The smallest absolute Gasteiger partial charge is 0.103 e. The molecule has 1 aliphatic rings. The Kier molecular flexibility index (Phi) is 3.27. The maximum atomic E-state index is 5.54. The van der Waals surface area contributed by atoms with Crippen molar-refractivity contribution in [3.8, 4) is 0 Å². The summed E-state index contributed by atoms with van der Waals surface area (Å²) in [6.45, 7) is 0.935. The molecule has 1 atom stereocenters. The van der Waals surface area contributed by atoms with Crippen molar-refractivity contribution in [2.75, 3.05) is 12.4 Å². The maximum Gasteiger partial charge on any atom is 0.103 e. The summed E-state index contributed by atoms with van der Waals surface area (Å²) in [6.07, 6.45) is 2.28. The average molecular weight is 194 g/mol. The molecule has 1 aliphatic heterocycles. The molecule has 0 saturated carbocycles. The van der Waals surface area contributed by atoms with E-state index in [1.54, 1.807) is 0 Å². The quantitative estimate of drug-likeness (QED) is 0.731. The molecule has 0 aliphatic carbocycles. The fourth-order valence-electron chi connectivity index (χ4n) is 1.50. The lowest BCUT2D eigenvalue weighted by Gasteiger charge is -2.07. The van der Waals surface area contributed by atoms with Crippen LogP contribution in [-0.4, -0.2) is 17.8 Å². The van der Waals surface area contributed by atoms with E-state index in [9.17, 15) is 0 Å². The minimum atomic E-state index is 0.445. The van der Waals surface area contributed by atoms with Gasteiger partial charge in [-0.2, -0.15) is 0 Å². The van der Waals surface area contributed by atoms with Crippen LogP contribution in [0.4, 0.5) is 0 Å². The van der Waals surface area contributed by atoms with Gasteiger partial charge in [0, 0.05) is 5.75 Å². The van der Waals surface area contributed by atoms with Crippen LogP contribution in [0.5, 0.6) is 0 Å². The van der Waals surface area contributed by atoms with Crippen molar-refractivity contribution < 1.29 is 4.74 Å². The van der Waals surface area contributed by atoms with E-state index in [0.717, 1.165) is 19.4 Å². The van der Waals surface area contributed by atoms with Crippen molar-refractivity contribution >= 4 is 11.8 Å². The van der Waals surface area contributed by atoms with Crippen LogP contribution in [-0.2, 0) is 11.2 Å². The largest absolute Gasteiger partial charge is 0.367 e. The van der Waals surface area contributed by atoms with Gasteiger partial charge in [0.15, 0.2) is 0 Å². The second-order valence-corrected chi connectivity index (χ2v) is 4.46. The van der Waals surface area contributed by atoms with E-state index >= 15 is 0 Å². The van der Waals surface area contributed by atoms with Gasteiger partial charge in [0.2, 0.25) is 0 Å². The Morgan fingerprint density at radius 2 is 2.15 bits per heavy atom. The Labute approximate surface area is 83.5 Å². The highest BCUT2D eigenvalue weighted by molar-refractivity contribution is 7.99. The third kappa shape index (κ3) is 2.75. The number of rotatable bonds is 3. The summed E-state index contributed by atoms with van der Waals surface area (Å²) in [6, 6.07) is 10.6. The van der Waals surface area contributed by atoms with Gasteiger partial charge in [-0.25, -0.2) is 0 Å². The Morgan fingerprint density at radius 3 is 2.85 bits per heavy atom. The molecule has 0 aromatic heterocycles. The minimum absolute atomic E-state index is 0.445. The molecule has 70 valence electrons. The monoisotopic (exact) mass is 194 g/mol. The maximum absolute atomic E-state index is 5.54. The predicted octanol–water partition coefficient (Wildman–Crippen LogP) is 2.71. The highest BCUT2D eigenvalue weighted by Gasteiger charge is 2.15. The van der Waals surface area contributed by atoms with Crippen LogP contribution in [0.2, 0.25) is 0 Å². The molecule has 1 nitrogen and oxygen atoms in total. The molecule has 0 spiro atoms. The number of benzene rings is 1. The zero-order valence-electron chi connectivity index (χ0n) is 7.61. The first kappa shape index (κ1) is 9.10. The Hall–Kier alpha value is -0.470. The summed E-state index contributed by atoms with van der Waals surface area (Å²) in [5, 5.41) is 0. The molecule has 1 unspecified atom stereocenters. The van der Waals surface area contributed by atoms with Crippen LogP contribution in [0.3, 0.4) is 0 Å². The molecular weight excluding hydrogens is 180 g/mol. The van der Waals surface area contributed by atoms with E-state index < -0.39 is 0 Å². The molecule has 1 fully saturated rings. The standard InChI is InChI=1S/C11H14OS/c1-2-4-10(5-3-1)6-7-11-12-8-9-13-11/h1-5,11H,6-9H2. The van der Waals surface area contributed by atoms with E-state index in [1.807, 2.05) is 11.8 Å². The van der Waals surface area contributed by atoms with Crippen LogP contribution in [0.1, 0.15) is 12.0 Å². The summed E-state index contributed by atoms with van der Waals surface area (Å²) in [5.74, 6) is 1.17. The Bertz CT molecular complexity index is 242. The average Bonchev–Trinajstić information content (AvgIpc) is 2.69. The van der Waals surface area contributed by atoms with E-state index in [-0.39, 0.29) is 0 Å². The number of hydrogen-bond donors (Lipinski definition) is 0. The van der Waals surface area contributed by atoms with Gasteiger partial charge < -0.3 is 4.74 Å². The molecule has 13 heavy (non-hydrogen) atoms. The summed E-state index contributed by atoms with van der Waals surface area (Å²) >= 11 is 1.94. The van der Waals surface area contributed by atoms with Gasteiger partial charge in [-0.3, -0.25) is 0 Å². The van der Waals surface area contributed by atoms with Gasteiger partial charge in [0.05, 0.1) is 6.61 Å². The molecule has 1 saturated heterocycles. The minimum Gasteiger partial charge on any atom is -0.367 e. The molecule has 0 amide bonds. The molecule has 1 aromatic carbocycles. The zero-order valence-corrected chi connectivity index (χ0v) is 8.43. The first-order valence-corrected chi connectivity index (χ1v) is 5.77. The SMILES string of the molecule is c1ccc(CCC2OCCS2)cc1. The summed E-state index contributed by atoms with van der Waals surface area (Å²) < 4.78 is 5.54. The third-order valence-corrected chi connectivity index (χ3v) is 3.35. The molecule has 2 rings (SSSR count). The van der Waals surface area contributed by atoms with Crippen LogP contribution in [0.15, 0.2) is 30.3 Å². The van der Waals surface area contributed by atoms with Crippen molar-refractivity contribution in [3.05, 3.63) is 35.9 Å². The van der Waals surface area contributed by atoms with Gasteiger partial charge in [-0.05, 0) is 18.4 Å². The Balaban J connectivity index is 1.79. The fraction of sp³-hybridized carbons (Fsp3) is 0.455. The van der Waals surface area contributed by atoms with Crippen molar-refractivity contribution in [1.29, 1.82) is 0 Å². The number of hydrogen-bond acceptors (Lipinski definition) is 2. The van der Waals surface area contributed by atoms with Crippen molar-refractivity contribution in [3.63, 3.8) is 0 Å². The van der Waals surface area contributed by atoms with Gasteiger partial charge in [-0.1, -0.05) is 30.3 Å². The van der Waals surface area contributed by atoms with Crippen LogP contribution in [0.25, 0.3) is 0 Å². The van der Waals surface area contributed by atoms with E-state index in [4.69, 9.17) is 4.74 Å². The molecular formula is C11H14OS. The molecule has 2 heteroatoms. The lowest BCUT2D eigenvalue weighted by atomic mass is 10.1. The fourth-order valence-corrected chi connectivity index (χ4v) is 2.44. The highest BCUT2D eigenvalue weighted by atomic mass is 32.2. The number of ether oxygens (including phenoxy) is 1. The molecule has 0 radical (unpaired) electrons. The number of thioether (sulfide) groups is 1. The summed E-state index contributed by atoms with van der Waals surface area (Å²) in [5.41, 5.74) is 1.86. The zero-order chi connectivity index (χ0) is 8.93. The Morgan fingerprint density at radius 1 is 1.31 bits per heavy atom. The first-order valence-electron chi connectivity index (χ1n) is 4.72. The molecule has 0 N–H and O–H groups in total. The van der Waals surface area contributed by atoms with E-state index in [1.165, 1.54) is 11.3 Å². The van der Waals surface area contributed by atoms with E-state index in [0.29, 0.717) is 5.44 Å². The first-order chi connectivity index (χ1) is 6.45. The normalized spacial score (nSPS) is 22.0. The molecule has 0 bridgehead atoms. The second-order valence-electron chi connectivity index (χ2n) is 3.20. The lowest BCUT2D eigenvalue weighted by Crippen LogP contribution is -2.02. The molecule has 1 heterocycles. The van der Waals surface area contributed by atoms with E-state index in [2.05, 4.69) is 30.3 Å². The predicted molar refractivity (Wildman–Crippen MR) is 57.0 cm³/mol.